The van der Waals surface area contributed by atoms with Crippen LogP contribution >= 0.6 is 0 Å². The molecule has 0 heterocycles. The van der Waals surface area contributed by atoms with Crippen LogP contribution in [0.1, 0.15) is 12.0 Å². The summed E-state index contributed by atoms with van der Waals surface area (Å²) in [7, 11) is -3.90. The Labute approximate surface area is 105 Å². The van der Waals surface area contributed by atoms with Gasteiger partial charge >= 0.3 is 0 Å². The molecular formula is C10H14N2O5S. The molecule has 0 atom stereocenters. The summed E-state index contributed by atoms with van der Waals surface area (Å²) in [6, 6.07) is 6.09. The molecule has 0 saturated carbocycles. The normalized spacial score (nSPS) is 11.4. The first-order valence-corrected chi connectivity index (χ1v) is 6.88. The van der Waals surface area contributed by atoms with Crippen molar-refractivity contribution in [2.45, 2.75) is 13.0 Å². The van der Waals surface area contributed by atoms with Crippen LogP contribution in [0.15, 0.2) is 24.3 Å². The SMILES string of the molecule is O=[N+]([O-])c1ccc(CNCCCS(=O)(=O)O)cc1. The summed E-state index contributed by atoms with van der Waals surface area (Å²) < 4.78 is 29.4. The largest absolute Gasteiger partial charge is 0.313 e. The van der Waals surface area contributed by atoms with Crippen molar-refractivity contribution < 1.29 is 17.9 Å². The van der Waals surface area contributed by atoms with E-state index in [0.717, 1.165) is 5.56 Å². The molecule has 18 heavy (non-hydrogen) atoms. The molecule has 0 radical (unpaired) electrons. The maximum absolute atomic E-state index is 10.4. The molecule has 8 heteroatoms. The molecule has 0 amide bonds. The highest BCUT2D eigenvalue weighted by Gasteiger charge is 2.04. The minimum atomic E-state index is -3.90. The standard InChI is InChI=1S/C10H14N2O5S/c13-12(14)10-4-2-9(3-5-10)8-11-6-1-7-18(15,16)17/h2-5,11H,1,6-8H2,(H,15,16,17). The molecule has 0 unspecified atom stereocenters. The Bertz CT molecular complexity index is 498. The van der Waals surface area contributed by atoms with E-state index in [1.165, 1.54) is 12.1 Å². The summed E-state index contributed by atoms with van der Waals surface area (Å²) in [5.74, 6) is -0.278. The van der Waals surface area contributed by atoms with E-state index in [-0.39, 0.29) is 11.4 Å². The highest BCUT2D eigenvalue weighted by molar-refractivity contribution is 7.85. The fourth-order valence-corrected chi connectivity index (χ4v) is 1.86. The summed E-state index contributed by atoms with van der Waals surface area (Å²) in [4.78, 5) is 9.95. The molecule has 0 aliphatic heterocycles. The Morgan fingerprint density at radius 3 is 2.39 bits per heavy atom. The van der Waals surface area contributed by atoms with E-state index in [4.69, 9.17) is 4.55 Å². The van der Waals surface area contributed by atoms with Gasteiger partial charge < -0.3 is 5.32 Å². The molecule has 0 fully saturated rings. The molecule has 0 aliphatic rings. The lowest BCUT2D eigenvalue weighted by Gasteiger charge is -2.03. The Morgan fingerprint density at radius 1 is 1.28 bits per heavy atom. The summed E-state index contributed by atoms with van der Waals surface area (Å²) in [5.41, 5.74) is 0.901. The third-order valence-electron chi connectivity index (χ3n) is 2.23. The second-order valence-corrected chi connectivity index (χ2v) is 5.31. The van der Waals surface area contributed by atoms with Crippen LogP contribution in [0.25, 0.3) is 0 Å². The number of nitro benzene ring substituents is 1. The third kappa shape index (κ3) is 5.71. The highest BCUT2D eigenvalue weighted by atomic mass is 32.2. The van der Waals surface area contributed by atoms with Crippen molar-refractivity contribution in [2.75, 3.05) is 12.3 Å². The lowest BCUT2D eigenvalue weighted by Crippen LogP contribution is -2.17. The van der Waals surface area contributed by atoms with Gasteiger partial charge in [0.25, 0.3) is 15.8 Å². The summed E-state index contributed by atoms with van der Waals surface area (Å²) in [6.07, 6.45) is 0.311. The van der Waals surface area contributed by atoms with Crippen LogP contribution in [-0.2, 0) is 16.7 Å². The van der Waals surface area contributed by atoms with E-state index in [1.807, 2.05) is 0 Å². The van der Waals surface area contributed by atoms with Crippen LogP contribution in [0.3, 0.4) is 0 Å². The van der Waals surface area contributed by atoms with Crippen molar-refractivity contribution in [1.82, 2.24) is 5.32 Å². The summed E-state index contributed by atoms with van der Waals surface area (Å²) in [5, 5.41) is 13.4. The van der Waals surface area contributed by atoms with Gasteiger partial charge in [0.15, 0.2) is 0 Å². The molecule has 0 aliphatic carbocycles. The fourth-order valence-electron chi connectivity index (χ4n) is 1.35. The number of hydrogen-bond donors (Lipinski definition) is 2. The highest BCUT2D eigenvalue weighted by Crippen LogP contribution is 2.11. The van der Waals surface area contributed by atoms with Crippen LogP contribution in [0, 0.1) is 10.1 Å². The smallest absolute Gasteiger partial charge is 0.269 e. The second kappa shape index (κ2) is 6.43. The molecule has 100 valence electrons. The van der Waals surface area contributed by atoms with E-state index >= 15 is 0 Å². The van der Waals surface area contributed by atoms with Crippen LogP contribution in [-0.4, -0.2) is 30.2 Å². The topological polar surface area (TPSA) is 110 Å². The van der Waals surface area contributed by atoms with Crippen LogP contribution in [0.5, 0.6) is 0 Å². The predicted octanol–water partition coefficient (Wildman–Crippen LogP) is 0.962. The number of rotatable bonds is 7. The zero-order valence-corrected chi connectivity index (χ0v) is 10.4. The monoisotopic (exact) mass is 274 g/mol. The Hall–Kier alpha value is -1.51. The van der Waals surface area contributed by atoms with Gasteiger partial charge in [-0.1, -0.05) is 12.1 Å². The van der Waals surface area contributed by atoms with Gasteiger partial charge in [-0.3, -0.25) is 14.7 Å². The van der Waals surface area contributed by atoms with Gasteiger partial charge in [-0.05, 0) is 18.5 Å². The van der Waals surface area contributed by atoms with Gasteiger partial charge in [0.2, 0.25) is 0 Å². The van der Waals surface area contributed by atoms with Crippen molar-refractivity contribution in [3.63, 3.8) is 0 Å². The fraction of sp³-hybridized carbons (Fsp3) is 0.400. The minimum absolute atomic E-state index is 0.0325. The number of hydrogen-bond acceptors (Lipinski definition) is 5. The quantitative estimate of drug-likeness (QED) is 0.332. The molecular weight excluding hydrogens is 260 g/mol. The maximum Gasteiger partial charge on any atom is 0.269 e. The van der Waals surface area contributed by atoms with E-state index < -0.39 is 15.0 Å². The average Bonchev–Trinajstić information content (AvgIpc) is 2.27. The van der Waals surface area contributed by atoms with Gasteiger partial charge in [0.05, 0.1) is 10.7 Å². The lowest BCUT2D eigenvalue weighted by molar-refractivity contribution is -0.384. The molecule has 1 aromatic rings. The first-order valence-electron chi connectivity index (χ1n) is 5.28. The van der Waals surface area contributed by atoms with Gasteiger partial charge in [-0.15, -0.1) is 0 Å². The molecule has 7 nitrogen and oxygen atoms in total. The first kappa shape index (κ1) is 14.6. The molecule has 0 spiro atoms. The average molecular weight is 274 g/mol. The molecule has 2 N–H and O–H groups in total. The van der Waals surface area contributed by atoms with E-state index in [1.54, 1.807) is 12.1 Å². The maximum atomic E-state index is 10.4. The summed E-state index contributed by atoms with van der Waals surface area (Å²) >= 11 is 0. The predicted molar refractivity (Wildman–Crippen MR) is 65.8 cm³/mol. The van der Waals surface area contributed by atoms with Crippen LogP contribution < -0.4 is 5.32 Å². The third-order valence-corrected chi connectivity index (χ3v) is 3.04. The van der Waals surface area contributed by atoms with Gasteiger partial charge in [0, 0.05) is 18.7 Å². The minimum Gasteiger partial charge on any atom is -0.313 e. The molecule has 0 bridgehead atoms. The number of benzene rings is 1. The number of nitrogens with one attached hydrogen (secondary N) is 1. The molecule has 1 rings (SSSR count). The Kier molecular flexibility index (Phi) is 5.20. The van der Waals surface area contributed by atoms with Crippen molar-refractivity contribution in [3.8, 4) is 0 Å². The van der Waals surface area contributed by atoms with Gasteiger partial charge in [0.1, 0.15) is 0 Å². The Morgan fingerprint density at radius 2 is 1.89 bits per heavy atom. The van der Waals surface area contributed by atoms with Gasteiger partial charge in [-0.25, -0.2) is 0 Å². The van der Waals surface area contributed by atoms with Crippen molar-refractivity contribution in [1.29, 1.82) is 0 Å². The number of non-ortho nitro benzene ring substituents is 1. The first-order chi connectivity index (χ1) is 8.38. The Balaban J connectivity index is 2.29. The lowest BCUT2D eigenvalue weighted by atomic mass is 10.2. The van der Waals surface area contributed by atoms with E-state index in [9.17, 15) is 18.5 Å². The second-order valence-electron chi connectivity index (χ2n) is 3.74. The van der Waals surface area contributed by atoms with Crippen molar-refractivity contribution >= 4 is 15.8 Å². The van der Waals surface area contributed by atoms with E-state index in [0.29, 0.717) is 19.5 Å². The van der Waals surface area contributed by atoms with Crippen LogP contribution in [0.4, 0.5) is 5.69 Å². The van der Waals surface area contributed by atoms with Crippen LogP contribution in [0.2, 0.25) is 0 Å². The molecule has 1 aromatic carbocycles. The molecule has 0 saturated heterocycles. The number of nitrogens with zero attached hydrogens (tertiary/aromatic N) is 1. The van der Waals surface area contributed by atoms with Crippen molar-refractivity contribution in [2.24, 2.45) is 0 Å². The zero-order valence-electron chi connectivity index (χ0n) is 9.57. The van der Waals surface area contributed by atoms with Crippen molar-refractivity contribution in [3.05, 3.63) is 39.9 Å². The number of nitro groups is 1. The summed E-state index contributed by atoms with van der Waals surface area (Å²) in [6.45, 7) is 0.931. The van der Waals surface area contributed by atoms with Gasteiger partial charge in [-0.2, -0.15) is 8.42 Å². The zero-order chi connectivity index (χ0) is 13.6. The molecule has 0 aromatic heterocycles. The van der Waals surface area contributed by atoms with E-state index in [2.05, 4.69) is 5.32 Å².